The van der Waals surface area contributed by atoms with Crippen molar-refractivity contribution < 1.29 is 17.1 Å². The van der Waals surface area contributed by atoms with Crippen molar-refractivity contribution in [2.75, 3.05) is 19.4 Å². The van der Waals surface area contributed by atoms with E-state index in [4.69, 9.17) is 27.9 Å². The zero-order valence-corrected chi connectivity index (χ0v) is 15.8. The Morgan fingerprint density at radius 3 is 2.78 bits per heavy atom. The molecule has 0 radical (unpaired) electrons. The highest BCUT2D eigenvalue weighted by molar-refractivity contribution is 7.99. The van der Waals surface area contributed by atoms with Gasteiger partial charge in [0.2, 0.25) is 5.16 Å². The molecule has 6 nitrogen and oxygen atoms in total. The van der Waals surface area contributed by atoms with Crippen LogP contribution in [0.2, 0.25) is 10.0 Å². The van der Waals surface area contributed by atoms with Gasteiger partial charge < -0.3 is 22.5 Å². The van der Waals surface area contributed by atoms with Crippen molar-refractivity contribution in [3.8, 4) is 5.75 Å². The third kappa shape index (κ3) is 6.00. The van der Waals surface area contributed by atoms with Gasteiger partial charge in [-0.05, 0) is 35.5 Å². The summed E-state index contributed by atoms with van der Waals surface area (Å²) in [6.07, 6.45) is 0.994. The maximum Gasteiger partial charge on any atom is 0.209 e. The summed E-state index contributed by atoms with van der Waals surface area (Å²) < 4.78 is 6.98. The molecule has 1 N–H and O–H groups in total. The third-order valence-corrected chi connectivity index (χ3v) is 4.51. The van der Waals surface area contributed by atoms with Crippen molar-refractivity contribution in [1.29, 1.82) is 0 Å². The van der Waals surface area contributed by atoms with Gasteiger partial charge in [-0.2, -0.15) is 0 Å². The first-order valence-corrected chi connectivity index (χ1v) is 8.43. The number of nitrogens with zero attached hydrogens (tertiary/aromatic N) is 4. The first kappa shape index (κ1) is 20.3. The van der Waals surface area contributed by atoms with Crippen LogP contribution in [0.5, 0.6) is 5.75 Å². The SMILES string of the molecule is COc1c(Cl)cc(Cl)cc1CNCCCSc1nnnn1C.[Cl-]. The lowest BCUT2D eigenvalue weighted by Gasteiger charge is -2.12. The van der Waals surface area contributed by atoms with E-state index in [0.29, 0.717) is 22.3 Å². The second-order valence-corrected chi connectivity index (χ2v) is 6.45. The Morgan fingerprint density at radius 2 is 2.13 bits per heavy atom. The van der Waals surface area contributed by atoms with Gasteiger partial charge >= 0.3 is 0 Å². The van der Waals surface area contributed by atoms with E-state index < -0.39 is 0 Å². The number of rotatable bonds is 8. The van der Waals surface area contributed by atoms with Crippen LogP contribution < -0.4 is 22.5 Å². The third-order valence-electron chi connectivity index (χ3n) is 2.92. The molecule has 0 unspecified atom stereocenters. The van der Waals surface area contributed by atoms with Crippen LogP contribution in [0.15, 0.2) is 17.3 Å². The Balaban J connectivity index is 0.00000264. The summed E-state index contributed by atoms with van der Waals surface area (Å²) in [4.78, 5) is 0. The minimum atomic E-state index is 0. The fraction of sp³-hybridized carbons (Fsp3) is 0.462. The van der Waals surface area contributed by atoms with E-state index in [-0.39, 0.29) is 12.4 Å². The Kier molecular flexibility index (Phi) is 9.01. The van der Waals surface area contributed by atoms with Crippen LogP contribution in [0.25, 0.3) is 0 Å². The summed E-state index contributed by atoms with van der Waals surface area (Å²) in [5, 5.41) is 16.6. The molecule has 0 amide bonds. The fourth-order valence-electron chi connectivity index (χ4n) is 1.90. The lowest BCUT2D eigenvalue weighted by Crippen LogP contribution is -3.00. The Bertz CT molecular complexity index is 626. The second kappa shape index (κ2) is 10.2. The van der Waals surface area contributed by atoms with Crippen LogP contribution in [-0.4, -0.2) is 39.6 Å². The van der Waals surface area contributed by atoms with E-state index in [2.05, 4.69) is 20.8 Å². The van der Waals surface area contributed by atoms with Crippen LogP contribution in [0.4, 0.5) is 0 Å². The molecule has 0 aliphatic heterocycles. The quantitative estimate of drug-likeness (QED) is 0.492. The number of hydrogen-bond acceptors (Lipinski definition) is 6. The van der Waals surface area contributed by atoms with Gasteiger partial charge in [-0.1, -0.05) is 35.0 Å². The number of aryl methyl sites for hydroxylation is 1. The number of benzene rings is 1. The molecule has 0 saturated carbocycles. The molecule has 0 aliphatic carbocycles. The van der Waals surface area contributed by atoms with E-state index in [1.807, 2.05) is 13.1 Å². The summed E-state index contributed by atoms with van der Waals surface area (Å²) in [5.41, 5.74) is 0.949. The van der Waals surface area contributed by atoms with Crippen molar-refractivity contribution in [1.82, 2.24) is 25.5 Å². The highest BCUT2D eigenvalue weighted by Crippen LogP contribution is 2.32. The molecule has 0 atom stereocenters. The molecule has 10 heteroatoms. The summed E-state index contributed by atoms with van der Waals surface area (Å²) in [5.74, 6) is 1.60. The van der Waals surface area contributed by atoms with E-state index in [0.717, 1.165) is 29.4 Å². The largest absolute Gasteiger partial charge is 1.00 e. The van der Waals surface area contributed by atoms with Crippen molar-refractivity contribution in [3.63, 3.8) is 0 Å². The summed E-state index contributed by atoms with van der Waals surface area (Å²) in [6.45, 7) is 1.52. The lowest BCUT2D eigenvalue weighted by molar-refractivity contribution is -0.00000484. The average molecular weight is 398 g/mol. The Labute approximate surface area is 155 Å². The second-order valence-electron chi connectivity index (χ2n) is 4.54. The van der Waals surface area contributed by atoms with Crippen LogP contribution in [0.1, 0.15) is 12.0 Å². The fourth-order valence-corrected chi connectivity index (χ4v) is 3.30. The molecule has 1 heterocycles. The molecule has 2 rings (SSSR count). The first-order chi connectivity index (χ1) is 10.6. The zero-order valence-electron chi connectivity index (χ0n) is 12.7. The molecule has 0 aliphatic rings. The average Bonchev–Trinajstić information content (AvgIpc) is 2.87. The monoisotopic (exact) mass is 396 g/mol. The van der Waals surface area contributed by atoms with Gasteiger partial charge in [0, 0.05) is 29.9 Å². The summed E-state index contributed by atoms with van der Waals surface area (Å²) >= 11 is 13.8. The highest BCUT2D eigenvalue weighted by atomic mass is 35.5. The minimum Gasteiger partial charge on any atom is -1.00 e. The Hall–Kier alpha value is -0.730. The first-order valence-electron chi connectivity index (χ1n) is 6.69. The van der Waals surface area contributed by atoms with Crippen molar-refractivity contribution in [2.24, 2.45) is 7.05 Å². The van der Waals surface area contributed by atoms with E-state index in [1.54, 1.807) is 29.6 Å². The normalized spacial score (nSPS) is 10.4. The maximum absolute atomic E-state index is 6.11. The van der Waals surface area contributed by atoms with E-state index in [1.165, 1.54) is 0 Å². The molecule has 0 saturated heterocycles. The highest BCUT2D eigenvalue weighted by Gasteiger charge is 2.09. The van der Waals surface area contributed by atoms with Gasteiger partial charge in [0.05, 0.1) is 12.1 Å². The van der Waals surface area contributed by atoms with E-state index >= 15 is 0 Å². The Morgan fingerprint density at radius 1 is 1.35 bits per heavy atom. The molecular weight excluding hydrogens is 381 g/mol. The van der Waals surface area contributed by atoms with E-state index in [9.17, 15) is 0 Å². The number of halogens is 3. The standard InChI is InChI=1S/C13H17Cl2N5OS.ClH/c1-20-13(17-18-19-20)22-5-3-4-16-8-9-6-10(14)7-11(15)12(9)21-2;/h6-7,16H,3-5,8H2,1-2H3;1H/p-1. The van der Waals surface area contributed by atoms with Crippen molar-refractivity contribution in [2.45, 2.75) is 18.1 Å². The number of tetrazole rings is 1. The molecule has 1 aromatic carbocycles. The number of thioether (sulfide) groups is 1. The molecule has 128 valence electrons. The predicted molar refractivity (Wildman–Crippen MR) is 88.9 cm³/mol. The summed E-state index contributed by atoms with van der Waals surface area (Å²) in [7, 11) is 3.43. The zero-order chi connectivity index (χ0) is 15.9. The van der Waals surface area contributed by atoms with Gasteiger partial charge in [-0.15, -0.1) is 5.10 Å². The van der Waals surface area contributed by atoms with Gasteiger partial charge in [-0.3, -0.25) is 0 Å². The number of nitrogens with one attached hydrogen (secondary N) is 1. The van der Waals surface area contributed by atoms with Crippen LogP contribution in [-0.2, 0) is 13.6 Å². The van der Waals surface area contributed by atoms with Gasteiger partial charge in [0.1, 0.15) is 5.75 Å². The van der Waals surface area contributed by atoms with Gasteiger partial charge in [0.15, 0.2) is 0 Å². The summed E-state index contributed by atoms with van der Waals surface area (Å²) in [6, 6.07) is 3.54. The molecule has 0 bridgehead atoms. The smallest absolute Gasteiger partial charge is 0.209 e. The van der Waals surface area contributed by atoms with Crippen molar-refractivity contribution in [3.05, 3.63) is 27.7 Å². The number of ether oxygens (including phenoxy) is 1. The number of methoxy groups -OCH3 is 1. The molecule has 23 heavy (non-hydrogen) atoms. The number of hydrogen-bond donors (Lipinski definition) is 1. The van der Waals surface area contributed by atoms with Crippen LogP contribution >= 0.6 is 35.0 Å². The molecule has 0 spiro atoms. The lowest BCUT2D eigenvalue weighted by atomic mass is 10.2. The van der Waals surface area contributed by atoms with Crippen LogP contribution in [0.3, 0.4) is 0 Å². The van der Waals surface area contributed by atoms with Gasteiger partial charge in [0.25, 0.3) is 0 Å². The predicted octanol–water partition coefficient (Wildman–Crippen LogP) is -0.199. The van der Waals surface area contributed by atoms with Crippen molar-refractivity contribution >= 4 is 35.0 Å². The van der Waals surface area contributed by atoms with Gasteiger partial charge in [-0.25, -0.2) is 4.68 Å². The topological polar surface area (TPSA) is 64.9 Å². The maximum atomic E-state index is 6.11. The molecule has 2 aromatic rings. The number of aromatic nitrogens is 4. The molecule has 0 fully saturated rings. The molecule has 1 aromatic heterocycles. The van der Waals surface area contributed by atoms with Crippen LogP contribution in [0, 0.1) is 0 Å². The minimum absolute atomic E-state index is 0. The molecular formula is C13H17Cl3N5OS-.